The lowest BCUT2D eigenvalue weighted by atomic mass is 9.96. The van der Waals surface area contributed by atoms with Crippen LogP contribution in [0, 0.1) is 6.92 Å². The molecule has 37 heavy (non-hydrogen) atoms. The van der Waals surface area contributed by atoms with Crippen molar-refractivity contribution >= 4 is 17.5 Å². The molecule has 2 aliphatic heterocycles. The Bertz CT molecular complexity index is 1480. The van der Waals surface area contributed by atoms with E-state index in [1.54, 1.807) is 12.1 Å². The highest BCUT2D eigenvalue weighted by Crippen LogP contribution is 2.46. The highest BCUT2D eigenvalue weighted by molar-refractivity contribution is 5.99. The standard InChI is InChI=1S/C28H27N7O2/c1-4-17-37-23-16-15-20(18-24(23)36-3)26-25-19(2)30-33(21-11-7-5-8-12-21)27(25)29-28-34(31-32-35(26)28)22-13-9-6-10-14-22/h5-16,18,26H,4,17H2,1-3H3/t26-/m1/s1. The minimum Gasteiger partial charge on any atom is -0.493 e. The van der Waals surface area contributed by atoms with Crippen molar-refractivity contribution in [2.45, 2.75) is 26.3 Å². The minimum atomic E-state index is -0.313. The zero-order chi connectivity index (χ0) is 25.4. The summed E-state index contributed by atoms with van der Waals surface area (Å²) in [6, 6.07) is 25.6. The molecular weight excluding hydrogens is 466 g/mol. The van der Waals surface area contributed by atoms with Crippen molar-refractivity contribution in [3.8, 4) is 17.2 Å². The summed E-state index contributed by atoms with van der Waals surface area (Å²) >= 11 is 0. The van der Waals surface area contributed by atoms with Gasteiger partial charge in [-0.15, -0.1) is 0 Å². The van der Waals surface area contributed by atoms with Crippen molar-refractivity contribution in [2.75, 3.05) is 18.7 Å². The first-order chi connectivity index (χ1) is 18.2. The molecule has 1 atom stereocenters. The summed E-state index contributed by atoms with van der Waals surface area (Å²) in [4.78, 5) is 5.06. The minimum absolute atomic E-state index is 0.313. The zero-order valence-electron chi connectivity index (χ0n) is 20.9. The average molecular weight is 494 g/mol. The van der Waals surface area contributed by atoms with Crippen LogP contribution >= 0.6 is 0 Å². The number of fused-ring (bicyclic) bond motifs is 2. The van der Waals surface area contributed by atoms with Gasteiger partial charge in [0.2, 0.25) is 0 Å². The van der Waals surface area contributed by atoms with E-state index in [4.69, 9.17) is 19.6 Å². The Kier molecular flexibility index (Phi) is 5.80. The fourth-order valence-corrected chi connectivity index (χ4v) is 4.68. The average Bonchev–Trinajstić information content (AvgIpc) is 3.52. The number of hydrogen-bond donors (Lipinski definition) is 0. The Hall–Kier alpha value is -4.66. The molecule has 0 fully saturated rings. The summed E-state index contributed by atoms with van der Waals surface area (Å²) in [7, 11) is 1.66. The van der Waals surface area contributed by atoms with Gasteiger partial charge in [-0.05, 0) is 65.8 Å². The second kappa shape index (κ2) is 9.42. The van der Waals surface area contributed by atoms with E-state index in [0.29, 0.717) is 24.1 Å². The van der Waals surface area contributed by atoms with E-state index in [1.807, 2.05) is 95.5 Å². The molecule has 1 aromatic heterocycles. The molecule has 4 aromatic rings. The molecular formula is C28H27N7O2. The Morgan fingerprint density at radius 3 is 2.30 bits per heavy atom. The molecule has 186 valence electrons. The third-order valence-electron chi connectivity index (χ3n) is 6.39. The van der Waals surface area contributed by atoms with Crippen LogP contribution in [0.2, 0.25) is 0 Å². The number of para-hydroxylation sites is 2. The lowest BCUT2D eigenvalue weighted by molar-refractivity contribution is 0.293. The van der Waals surface area contributed by atoms with E-state index in [9.17, 15) is 0 Å². The van der Waals surface area contributed by atoms with Crippen LogP contribution in [-0.4, -0.2) is 34.5 Å². The van der Waals surface area contributed by atoms with Crippen LogP contribution in [-0.2, 0) is 0 Å². The molecule has 0 spiro atoms. The first-order valence-electron chi connectivity index (χ1n) is 12.3. The first kappa shape index (κ1) is 22.8. The smallest absolute Gasteiger partial charge is 0.253 e. The van der Waals surface area contributed by atoms with Crippen molar-refractivity contribution in [3.05, 3.63) is 95.7 Å². The van der Waals surface area contributed by atoms with Gasteiger partial charge in [0, 0.05) is 5.56 Å². The van der Waals surface area contributed by atoms with Crippen molar-refractivity contribution in [3.63, 3.8) is 0 Å². The Balaban J connectivity index is 1.53. The van der Waals surface area contributed by atoms with Crippen LogP contribution < -0.4 is 14.5 Å². The molecule has 3 heterocycles. The lowest BCUT2D eigenvalue weighted by Gasteiger charge is -2.31. The molecule has 2 aliphatic rings. The van der Waals surface area contributed by atoms with Crippen molar-refractivity contribution in [1.82, 2.24) is 14.8 Å². The molecule has 0 unspecified atom stereocenters. The number of aryl methyl sites for hydroxylation is 1. The molecule has 0 saturated carbocycles. The van der Waals surface area contributed by atoms with Crippen LogP contribution in [0.4, 0.5) is 11.5 Å². The number of rotatable bonds is 7. The van der Waals surface area contributed by atoms with Gasteiger partial charge in [-0.25, -0.2) is 4.68 Å². The van der Waals surface area contributed by atoms with Crippen LogP contribution in [0.5, 0.6) is 11.5 Å². The van der Waals surface area contributed by atoms with E-state index in [0.717, 1.165) is 40.4 Å². The third-order valence-corrected chi connectivity index (χ3v) is 6.39. The molecule has 0 saturated heterocycles. The summed E-state index contributed by atoms with van der Waals surface area (Å²) in [6.45, 7) is 4.70. The topological polar surface area (TPSA) is 79.8 Å². The van der Waals surface area contributed by atoms with Crippen LogP contribution in [0.15, 0.2) is 94.3 Å². The Labute approximate surface area is 215 Å². The predicted octanol–water partition coefficient (Wildman–Crippen LogP) is 6.17. The van der Waals surface area contributed by atoms with Gasteiger partial charge in [0.05, 0.1) is 30.8 Å². The second-order valence-electron chi connectivity index (χ2n) is 8.81. The number of methoxy groups -OCH3 is 1. The van der Waals surface area contributed by atoms with E-state index < -0.39 is 0 Å². The van der Waals surface area contributed by atoms with Gasteiger partial charge >= 0.3 is 0 Å². The molecule has 0 bridgehead atoms. The molecule has 0 N–H and O–H groups in total. The number of hydrogen-bond acceptors (Lipinski definition) is 8. The summed E-state index contributed by atoms with van der Waals surface area (Å²) in [6.07, 6.45) is 0.915. The molecule has 0 aliphatic carbocycles. The fraction of sp³-hybridized carbons (Fsp3) is 0.214. The van der Waals surface area contributed by atoms with E-state index in [2.05, 4.69) is 17.4 Å². The maximum absolute atomic E-state index is 5.91. The quantitative estimate of drug-likeness (QED) is 0.307. The number of ether oxygens (including phenoxy) is 2. The second-order valence-corrected chi connectivity index (χ2v) is 8.81. The number of aliphatic imine (C=N–C) groups is 1. The third kappa shape index (κ3) is 3.88. The van der Waals surface area contributed by atoms with Crippen LogP contribution in [0.1, 0.15) is 36.2 Å². The highest BCUT2D eigenvalue weighted by atomic mass is 16.5. The fourth-order valence-electron chi connectivity index (χ4n) is 4.68. The van der Waals surface area contributed by atoms with E-state index in [1.165, 1.54) is 0 Å². The van der Waals surface area contributed by atoms with Crippen molar-refractivity contribution < 1.29 is 9.47 Å². The summed E-state index contributed by atoms with van der Waals surface area (Å²) in [5.74, 6) is 2.73. The highest BCUT2D eigenvalue weighted by Gasteiger charge is 2.42. The largest absolute Gasteiger partial charge is 0.493 e. The van der Waals surface area contributed by atoms with Gasteiger partial charge < -0.3 is 9.47 Å². The first-order valence-corrected chi connectivity index (χ1v) is 12.3. The monoisotopic (exact) mass is 493 g/mol. The van der Waals surface area contributed by atoms with E-state index in [-0.39, 0.29) is 6.04 Å². The molecule has 3 aromatic carbocycles. The van der Waals surface area contributed by atoms with Crippen LogP contribution in [0.3, 0.4) is 0 Å². The number of aromatic nitrogens is 2. The van der Waals surface area contributed by atoms with Gasteiger partial charge in [0.15, 0.2) is 17.3 Å². The van der Waals surface area contributed by atoms with Crippen LogP contribution in [0.25, 0.3) is 5.69 Å². The maximum atomic E-state index is 5.91. The predicted molar refractivity (Wildman–Crippen MR) is 142 cm³/mol. The molecule has 0 amide bonds. The molecule has 9 heteroatoms. The Morgan fingerprint density at radius 2 is 1.59 bits per heavy atom. The van der Waals surface area contributed by atoms with Gasteiger partial charge in [-0.1, -0.05) is 49.4 Å². The SMILES string of the molecule is CCCOc1ccc([C@@H]2c3c(C)nn(-c4ccccc4)c3N=C3N(c4ccccc4)N=NN32)cc1OC. The van der Waals surface area contributed by atoms with Crippen molar-refractivity contribution in [2.24, 2.45) is 15.4 Å². The molecule has 0 radical (unpaired) electrons. The number of benzene rings is 3. The summed E-state index contributed by atoms with van der Waals surface area (Å²) < 4.78 is 13.5. The van der Waals surface area contributed by atoms with Gasteiger partial charge in [0.1, 0.15) is 6.04 Å². The summed E-state index contributed by atoms with van der Waals surface area (Å²) in [5.41, 5.74) is 4.61. The Morgan fingerprint density at radius 1 is 0.865 bits per heavy atom. The number of nitrogens with zero attached hydrogens (tertiary/aromatic N) is 7. The van der Waals surface area contributed by atoms with Gasteiger partial charge in [0.25, 0.3) is 5.96 Å². The van der Waals surface area contributed by atoms with E-state index >= 15 is 0 Å². The number of guanidine groups is 1. The normalized spacial score (nSPS) is 15.9. The zero-order valence-corrected chi connectivity index (χ0v) is 20.9. The van der Waals surface area contributed by atoms with Gasteiger partial charge in [-0.3, -0.25) is 0 Å². The number of anilines is 1. The van der Waals surface area contributed by atoms with Crippen molar-refractivity contribution in [1.29, 1.82) is 0 Å². The molecule has 9 nitrogen and oxygen atoms in total. The lowest BCUT2D eigenvalue weighted by Crippen LogP contribution is -2.38. The van der Waals surface area contributed by atoms with Gasteiger partial charge in [-0.2, -0.15) is 20.1 Å². The summed E-state index contributed by atoms with van der Waals surface area (Å²) in [5, 5.41) is 17.6. The molecule has 6 rings (SSSR count). The maximum Gasteiger partial charge on any atom is 0.253 e.